The molecule has 1 unspecified atom stereocenters. The number of sulfonamides is 1. The summed E-state index contributed by atoms with van der Waals surface area (Å²) in [6.07, 6.45) is 4.75. The monoisotopic (exact) mass is 348 g/mol. The second-order valence-corrected chi connectivity index (χ2v) is 7.06. The van der Waals surface area contributed by atoms with Crippen molar-refractivity contribution in [1.82, 2.24) is 9.71 Å². The van der Waals surface area contributed by atoms with Gasteiger partial charge in [-0.15, -0.1) is 0 Å². The van der Waals surface area contributed by atoms with Crippen LogP contribution in [0.25, 0.3) is 0 Å². The number of rotatable bonds is 6. The third kappa shape index (κ3) is 5.28. The Morgan fingerprint density at radius 3 is 2.74 bits per heavy atom. The summed E-state index contributed by atoms with van der Waals surface area (Å²) in [5, 5.41) is 0. The molecular weight excluding hydrogens is 332 g/mol. The molecule has 0 aliphatic rings. The Bertz CT molecular complexity index is 546. The molecule has 7 heteroatoms. The molecule has 0 spiro atoms. The molecule has 0 fully saturated rings. The van der Waals surface area contributed by atoms with Crippen LogP contribution >= 0.6 is 15.9 Å². The van der Waals surface area contributed by atoms with Crippen LogP contribution in [0.2, 0.25) is 0 Å². The lowest BCUT2D eigenvalue weighted by molar-refractivity contribution is -0.120. The van der Waals surface area contributed by atoms with E-state index >= 15 is 0 Å². The van der Waals surface area contributed by atoms with Crippen molar-refractivity contribution in [3.63, 3.8) is 0 Å². The van der Waals surface area contributed by atoms with Gasteiger partial charge in [-0.1, -0.05) is 26.7 Å². The number of carbonyl (C=O) groups excluding carboxylic acids is 1. The van der Waals surface area contributed by atoms with E-state index in [-0.39, 0.29) is 17.2 Å². The van der Waals surface area contributed by atoms with Crippen molar-refractivity contribution in [2.24, 2.45) is 5.92 Å². The minimum atomic E-state index is -3.83. The Balaban J connectivity index is 2.72. The van der Waals surface area contributed by atoms with E-state index in [1.54, 1.807) is 0 Å². The van der Waals surface area contributed by atoms with Gasteiger partial charge in [-0.25, -0.2) is 13.1 Å². The van der Waals surface area contributed by atoms with Gasteiger partial charge in [0.25, 0.3) is 10.0 Å². The average Bonchev–Trinajstić information content (AvgIpc) is 2.28. The smallest absolute Gasteiger partial charge is 0.265 e. The highest BCUT2D eigenvalue weighted by Gasteiger charge is 2.19. The van der Waals surface area contributed by atoms with Crippen LogP contribution in [0.4, 0.5) is 0 Å². The molecule has 0 aromatic carbocycles. The van der Waals surface area contributed by atoms with Crippen LogP contribution in [0.1, 0.15) is 33.1 Å². The molecule has 1 heterocycles. The van der Waals surface area contributed by atoms with Crippen molar-refractivity contribution in [1.29, 1.82) is 0 Å². The number of aromatic nitrogens is 1. The summed E-state index contributed by atoms with van der Waals surface area (Å²) in [4.78, 5) is 15.4. The number of carbonyl (C=O) groups is 1. The van der Waals surface area contributed by atoms with E-state index in [9.17, 15) is 13.2 Å². The van der Waals surface area contributed by atoms with Crippen molar-refractivity contribution in [2.45, 2.75) is 38.0 Å². The molecule has 1 atom stereocenters. The zero-order valence-electron chi connectivity index (χ0n) is 10.9. The normalized spacial score (nSPS) is 13.0. The molecule has 0 aliphatic carbocycles. The Kier molecular flexibility index (Phi) is 5.93. The summed E-state index contributed by atoms with van der Waals surface area (Å²) < 4.78 is 26.5. The fourth-order valence-corrected chi connectivity index (χ4v) is 3.20. The van der Waals surface area contributed by atoms with E-state index in [1.165, 1.54) is 18.5 Å². The predicted molar refractivity (Wildman–Crippen MR) is 76.0 cm³/mol. The number of halogens is 1. The minimum Gasteiger partial charge on any atom is -0.274 e. The highest BCUT2D eigenvalue weighted by atomic mass is 79.9. The van der Waals surface area contributed by atoms with Gasteiger partial charge in [0, 0.05) is 23.3 Å². The van der Waals surface area contributed by atoms with Crippen LogP contribution in [-0.2, 0) is 14.8 Å². The first-order chi connectivity index (χ1) is 8.85. The number of amides is 1. The zero-order valence-corrected chi connectivity index (χ0v) is 13.3. The lowest BCUT2D eigenvalue weighted by atomic mass is 10.0. The van der Waals surface area contributed by atoms with Gasteiger partial charge < -0.3 is 0 Å². The van der Waals surface area contributed by atoms with Gasteiger partial charge in [0.15, 0.2) is 0 Å². The van der Waals surface area contributed by atoms with Gasteiger partial charge in [0.05, 0.1) is 0 Å². The Hall–Kier alpha value is -0.950. The van der Waals surface area contributed by atoms with Crippen LogP contribution in [0.5, 0.6) is 0 Å². The summed E-state index contributed by atoms with van der Waals surface area (Å²) in [6.45, 7) is 3.95. The maximum atomic E-state index is 11.9. The molecule has 0 saturated heterocycles. The van der Waals surface area contributed by atoms with E-state index in [1.807, 2.05) is 13.8 Å². The van der Waals surface area contributed by atoms with Crippen LogP contribution in [-0.4, -0.2) is 19.3 Å². The average molecular weight is 349 g/mol. The van der Waals surface area contributed by atoms with Gasteiger partial charge in [0.2, 0.25) is 5.91 Å². The molecule has 0 saturated carbocycles. The molecule has 5 nitrogen and oxygen atoms in total. The van der Waals surface area contributed by atoms with Crippen LogP contribution in [0.15, 0.2) is 27.8 Å². The van der Waals surface area contributed by atoms with E-state index in [0.29, 0.717) is 4.47 Å². The van der Waals surface area contributed by atoms with Crippen molar-refractivity contribution < 1.29 is 13.2 Å². The fraction of sp³-hybridized carbons (Fsp3) is 0.500. The summed E-state index contributed by atoms with van der Waals surface area (Å²) in [6, 6.07) is 1.40. The second kappa shape index (κ2) is 7.00. The maximum absolute atomic E-state index is 11.9. The summed E-state index contributed by atoms with van der Waals surface area (Å²) in [5.41, 5.74) is 0. The molecule has 1 amide bonds. The highest BCUT2D eigenvalue weighted by molar-refractivity contribution is 9.10. The predicted octanol–water partition coefficient (Wildman–Crippen LogP) is 2.48. The topological polar surface area (TPSA) is 76.1 Å². The minimum absolute atomic E-state index is 0.0293. The highest BCUT2D eigenvalue weighted by Crippen LogP contribution is 2.15. The van der Waals surface area contributed by atoms with Crippen molar-refractivity contribution in [3.05, 3.63) is 22.9 Å². The van der Waals surface area contributed by atoms with Gasteiger partial charge >= 0.3 is 0 Å². The first-order valence-corrected chi connectivity index (χ1v) is 8.29. The van der Waals surface area contributed by atoms with Crippen molar-refractivity contribution >= 4 is 31.9 Å². The van der Waals surface area contributed by atoms with Gasteiger partial charge in [0.1, 0.15) is 4.90 Å². The lowest BCUT2D eigenvalue weighted by Crippen LogP contribution is -2.31. The Labute approximate surface area is 122 Å². The van der Waals surface area contributed by atoms with E-state index in [2.05, 4.69) is 25.6 Å². The van der Waals surface area contributed by atoms with Crippen LogP contribution in [0, 0.1) is 5.92 Å². The Morgan fingerprint density at radius 2 is 2.16 bits per heavy atom. The quantitative estimate of drug-likeness (QED) is 0.856. The largest absolute Gasteiger partial charge is 0.274 e. The SMILES string of the molecule is CCCC(C)CC(=O)NS(=O)(=O)c1cncc(Br)c1. The summed E-state index contributed by atoms with van der Waals surface area (Å²) in [5.74, 6) is -0.318. The van der Waals surface area contributed by atoms with Gasteiger partial charge in [-0.2, -0.15) is 0 Å². The maximum Gasteiger partial charge on any atom is 0.265 e. The molecule has 1 N–H and O–H groups in total. The summed E-state index contributed by atoms with van der Waals surface area (Å²) in [7, 11) is -3.83. The second-order valence-electron chi connectivity index (χ2n) is 4.47. The Morgan fingerprint density at radius 1 is 1.47 bits per heavy atom. The molecule has 1 aromatic heterocycles. The van der Waals surface area contributed by atoms with Crippen molar-refractivity contribution in [3.8, 4) is 0 Å². The molecule has 0 radical (unpaired) electrons. The number of nitrogens with zero attached hydrogens (tertiary/aromatic N) is 1. The molecular formula is C12H17BrN2O3S. The summed E-state index contributed by atoms with van der Waals surface area (Å²) >= 11 is 3.14. The van der Waals surface area contributed by atoms with Crippen molar-refractivity contribution in [2.75, 3.05) is 0 Å². The first-order valence-electron chi connectivity index (χ1n) is 6.01. The first kappa shape index (κ1) is 16.1. The lowest BCUT2D eigenvalue weighted by Gasteiger charge is -2.10. The third-order valence-electron chi connectivity index (χ3n) is 2.55. The zero-order chi connectivity index (χ0) is 14.5. The van der Waals surface area contributed by atoms with E-state index in [4.69, 9.17) is 0 Å². The molecule has 0 aliphatic heterocycles. The van der Waals surface area contributed by atoms with E-state index < -0.39 is 15.9 Å². The number of hydrogen-bond acceptors (Lipinski definition) is 4. The number of hydrogen-bond donors (Lipinski definition) is 1. The molecule has 0 bridgehead atoms. The van der Waals surface area contributed by atoms with Crippen LogP contribution < -0.4 is 4.72 Å². The molecule has 106 valence electrons. The third-order valence-corrected chi connectivity index (χ3v) is 4.33. The molecule has 19 heavy (non-hydrogen) atoms. The van der Waals surface area contributed by atoms with E-state index in [0.717, 1.165) is 12.8 Å². The number of pyridine rings is 1. The number of nitrogens with one attached hydrogen (secondary N) is 1. The fourth-order valence-electron chi connectivity index (χ4n) is 1.70. The molecule has 1 aromatic rings. The van der Waals surface area contributed by atoms with Gasteiger partial charge in [-0.05, 0) is 27.9 Å². The molecule has 1 rings (SSSR count). The van der Waals surface area contributed by atoms with Gasteiger partial charge in [-0.3, -0.25) is 9.78 Å². The van der Waals surface area contributed by atoms with Crippen LogP contribution in [0.3, 0.4) is 0 Å². The standard InChI is InChI=1S/C12H17BrN2O3S/c1-3-4-9(2)5-12(16)15-19(17,18)11-6-10(13)7-14-8-11/h6-9H,3-5H2,1-2H3,(H,15,16).